The zero-order chi connectivity index (χ0) is 12.4. The number of aryl methyl sites for hydroxylation is 1. The molecule has 1 aromatic carbocycles. The molecule has 92 valence electrons. The molecular weight excluding hydrogens is 221 g/mol. The lowest BCUT2D eigenvalue weighted by atomic mass is 10.1. The van der Waals surface area contributed by atoms with E-state index >= 15 is 0 Å². The Bertz CT molecular complexity index is 413. The molecule has 0 bridgehead atoms. The molecule has 1 fully saturated rings. The van der Waals surface area contributed by atoms with Gasteiger partial charge in [-0.05, 0) is 43.5 Å². The fraction of sp³-hybridized carbons (Fsp3) is 0.462. The Morgan fingerprint density at radius 3 is 2.88 bits per heavy atom. The van der Waals surface area contributed by atoms with E-state index in [9.17, 15) is 14.3 Å². The normalized spacial score (nSPS) is 20.4. The average Bonchev–Trinajstić information content (AvgIpc) is 2.26. The summed E-state index contributed by atoms with van der Waals surface area (Å²) in [6.45, 7) is 2.73. The molecule has 0 aliphatic carbocycles. The molecule has 1 atom stereocenters. The molecule has 0 saturated carbocycles. The highest BCUT2D eigenvalue weighted by molar-refractivity contribution is 5.94. The summed E-state index contributed by atoms with van der Waals surface area (Å²) in [5.41, 5.74) is 1.09. The third-order valence-electron chi connectivity index (χ3n) is 2.97. The van der Waals surface area contributed by atoms with Crippen molar-refractivity contribution in [1.29, 1.82) is 0 Å². The van der Waals surface area contributed by atoms with Gasteiger partial charge in [0.2, 0.25) is 0 Å². The number of hydrogen-bond donors (Lipinski definition) is 1. The molecule has 2 rings (SSSR count). The Kier molecular flexibility index (Phi) is 3.43. The number of aliphatic hydroxyl groups excluding tert-OH is 1. The molecule has 1 saturated heterocycles. The van der Waals surface area contributed by atoms with Gasteiger partial charge in [-0.15, -0.1) is 0 Å². The summed E-state index contributed by atoms with van der Waals surface area (Å²) in [5.74, 6) is -0.600. The summed E-state index contributed by atoms with van der Waals surface area (Å²) >= 11 is 0. The Balaban J connectivity index is 2.18. The number of carbonyl (C=O) groups excluding carboxylic acids is 1. The van der Waals surface area contributed by atoms with Gasteiger partial charge in [-0.3, -0.25) is 4.79 Å². The molecular formula is C13H16FNO2. The van der Waals surface area contributed by atoms with Crippen molar-refractivity contribution in [2.75, 3.05) is 13.1 Å². The van der Waals surface area contributed by atoms with Crippen LogP contribution in [0.4, 0.5) is 4.39 Å². The molecule has 1 aromatic rings. The second-order valence-electron chi connectivity index (χ2n) is 4.56. The SMILES string of the molecule is Cc1cc(F)cc(C(=O)N2CCCC(O)C2)c1. The Hall–Kier alpha value is -1.42. The summed E-state index contributed by atoms with van der Waals surface area (Å²) in [4.78, 5) is 13.7. The van der Waals surface area contributed by atoms with E-state index in [1.54, 1.807) is 17.9 Å². The van der Waals surface area contributed by atoms with Crippen LogP contribution < -0.4 is 0 Å². The largest absolute Gasteiger partial charge is 0.391 e. The van der Waals surface area contributed by atoms with Gasteiger partial charge in [-0.2, -0.15) is 0 Å². The van der Waals surface area contributed by atoms with Crippen LogP contribution in [0.5, 0.6) is 0 Å². The summed E-state index contributed by atoms with van der Waals surface area (Å²) in [5, 5.41) is 9.52. The van der Waals surface area contributed by atoms with Gasteiger partial charge in [-0.25, -0.2) is 4.39 Å². The fourth-order valence-electron chi connectivity index (χ4n) is 2.18. The number of amides is 1. The maximum atomic E-state index is 13.2. The zero-order valence-electron chi connectivity index (χ0n) is 9.82. The van der Waals surface area contributed by atoms with E-state index in [4.69, 9.17) is 0 Å². The van der Waals surface area contributed by atoms with Crippen LogP contribution >= 0.6 is 0 Å². The van der Waals surface area contributed by atoms with Crippen molar-refractivity contribution in [3.8, 4) is 0 Å². The lowest BCUT2D eigenvalue weighted by Crippen LogP contribution is -2.42. The van der Waals surface area contributed by atoms with Crippen LogP contribution in [0.3, 0.4) is 0 Å². The molecule has 3 nitrogen and oxygen atoms in total. The van der Waals surface area contributed by atoms with Gasteiger partial charge in [0.1, 0.15) is 5.82 Å². The lowest BCUT2D eigenvalue weighted by Gasteiger charge is -2.30. The van der Waals surface area contributed by atoms with Gasteiger partial charge in [0, 0.05) is 18.7 Å². The maximum absolute atomic E-state index is 13.2. The molecule has 1 aliphatic heterocycles. The summed E-state index contributed by atoms with van der Waals surface area (Å²) in [7, 11) is 0. The Labute approximate surface area is 99.9 Å². The van der Waals surface area contributed by atoms with Crippen molar-refractivity contribution in [2.24, 2.45) is 0 Å². The number of halogens is 1. The number of piperidine rings is 1. The molecule has 0 aromatic heterocycles. The number of aliphatic hydroxyl groups is 1. The predicted octanol–water partition coefficient (Wildman–Crippen LogP) is 1.73. The van der Waals surface area contributed by atoms with Gasteiger partial charge in [0.25, 0.3) is 5.91 Å². The number of hydrogen-bond acceptors (Lipinski definition) is 2. The molecule has 1 aliphatic rings. The van der Waals surface area contributed by atoms with Gasteiger partial charge < -0.3 is 10.0 Å². The quantitative estimate of drug-likeness (QED) is 0.808. The maximum Gasteiger partial charge on any atom is 0.254 e. The van der Waals surface area contributed by atoms with Crippen molar-refractivity contribution in [3.05, 3.63) is 35.1 Å². The fourth-order valence-corrected chi connectivity index (χ4v) is 2.18. The van der Waals surface area contributed by atoms with Gasteiger partial charge in [-0.1, -0.05) is 0 Å². The minimum absolute atomic E-state index is 0.202. The third kappa shape index (κ3) is 2.82. The first-order valence-electron chi connectivity index (χ1n) is 5.81. The van der Waals surface area contributed by atoms with E-state index < -0.39 is 11.9 Å². The van der Waals surface area contributed by atoms with Crippen molar-refractivity contribution < 1.29 is 14.3 Å². The predicted molar refractivity (Wildman–Crippen MR) is 62.3 cm³/mol. The van der Waals surface area contributed by atoms with Crippen molar-refractivity contribution in [3.63, 3.8) is 0 Å². The first-order valence-corrected chi connectivity index (χ1v) is 5.81. The molecule has 4 heteroatoms. The first-order chi connectivity index (χ1) is 8.06. The van der Waals surface area contributed by atoms with E-state index in [1.807, 2.05) is 0 Å². The van der Waals surface area contributed by atoms with E-state index in [-0.39, 0.29) is 5.91 Å². The second-order valence-corrected chi connectivity index (χ2v) is 4.56. The smallest absolute Gasteiger partial charge is 0.254 e. The third-order valence-corrected chi connectivity index (χ3v) is 2.97. The standard InChI is InChI=1S/C13H16FNO2/c1-9-5-10(7-11(14)6-9)13(17)15-4-2-3-12(16)8-15/h5-7,12,16H,2-4,8H2,1H3. The number of β-amino-alcohol motifs (C(OH)–C–C–N with tert-alkyl or cyclic N) is 1. The highest BCUT2D eigenvalue weighted by Crippen LogP contribution is 2.15. The van der Waals surface area contributed by atoms with Crippen LogP contribution in [0.25, 0.3) is 0 Å². The van der Waals surface area contributed by atoms with Gasteiger partial charge in [0.05, 0.1) is 6.10 Å². The van der Waals surface area contributed by atoms with Crippen LogP contribution in [0.15, 0.2) is 18.2 Å². The van der Waals surface area contributed by atoms with Gasteiger partial charge >= 0.3 is 0 Å². The van der Waals surface area contributed by atoms with Crippen LogP contribution in [0, 0.1) is 12.7 Å². The Morgan fingerprint density at radius 2 is 2.24 bits per heavy atom. The molecule has 1 amide bonds. The summed E-state index contributed by atoms with van der Waals surface area (Å²) in [6.07, 6.45) is 1.06. The second kappa shape index (κ2) is 4.84. The van der Waals surface area contributed by atoms with Crippen LogP contribution in [0.2, 0.25) is 0 Å². The van der Waals surface area contributed by atoms with Crippen molar-refractivity contribution in [1.82, 2.24) is 4.90 Å². The minimum atomic E-state index is -0.456. The monoisotopic (exact) mass is 237 g/mol. The van der Waals surface area contributed by atoms with E-state index in [0.29, 0.717) is 18.7 Å². The number of carbonyl (C=O) groups is 1. The number of rotatable bonds is 1. The topological polar surface area (TPSA) is 40.5 Å². The molecule has 1 heterocycles. The van der Waals surface area contributed by atoms with E-state index in [2.05, 4.69) is 0 Å². The highest BCUT2D eigenvalue weighted by atomic mass is 19.1. The highest BCUT2D eigenvalue weighted by Gasteiger charge is 2.23. The zero-order valence-corrected chi connectivity index (χ0v) is 9.82. The van der Waals surface area contributed by atoms with Crippen LogP contribution in [-0.4, -0.2) is 35.1 Å². The van der Waals surface area contributed by atoms with Crippen molar-refractivity contribution in [2.45, 2.75) is 25.9 Å². The number of benzene rings is 1. The average molecular weight is 237 g/mol. The molecule has 17 heavy (non-hydrogen) atoms. The number of likely N-dealkylation sites (tertiary alicyclic amines) is 1. The number of nitrogens with zero attached hydrogens (tertiary/aromatic N) is 1. The van der Waals surface area contributed by atoms with E-state index in [0.717, 1.165) is 18.4 Å². The minimum Gasteiger partial charge on any atom is -0.391 e. The Morgan fingerprint density at radius 1 is 1.47 bits per heavy atom. The van der Waals surface area contributed by atoms with Crippen LogP contribution in [0.1, 0.15) is 28.8 Å². The summed E-state index contributed by atoms with van der Waals surface area (Å²) < 4.78 is 13.2. The molecule has 0 spiro atoms. The van der Waals surface area contributed by atoms with E-state index in [1.165, 1.54) is 12.1 Å². The van der Waals surface area contributed by atoms with Crippen molar-refractivity contribution >= 4 is 5.91 Å². The molecule has 0 radical (unpaired) electrons. The van der Waals surface area contributed by atoms with Crippen LogP contribution in [-0.2, 0) is 0 Å². The first kappa shape index (κ1) is 12.0. The summed E-state index contributed by atoms with van der Waals surface area (Å²) in [6, 6.07) is 4.31. The van der Waals surface area contributed by atoms with Gasteiger partial charge in [0.15, 0.2) is 0 Å². The lowest BCUT2D eigenvalue weighted by molar-refractivity contribution is 0.0473. The molecule has 1 N–H and O–H groups in total. The molecule has 1 unspecified atom stereocenters.